The van der Waals surface area contributed by atoms with Crippen molar-refractivity contribution in [2.24, 2.45) is 22.6 Å². The fraction of sp³-hybridized carbons (Fsp3) is 0.567. The number of piperidine rings is 1. The van der Waals surface area contributed by atoms with Gasteiger partial charge >= 0.3 is 5.84 Å². The second kappa shape index (κ2) is 11.2. The lowest BCUT2D eigenvalue weighted by Crippen LogP contribution is -2.58. The minimum absolute atomic E-state index is 0.0187. The van der Waals surface area contributed by atoms with Crippen LogP contribution in [0.4, 0.5) is 8.78 Å². The largest absolute Gasteiger partial charge is 0.633 e. The molecule has 10 heteroatoms. The molecule has 2 fully saturated rings. The molecule has 0 bridgehead atoms. The number of nitriles is 1. The predicted molar refractivity (Wildman–Crippen MR) is 157 cm³/mol. The van der Waals surface area contributed by atoms with Gasteiger partial charge in [-0.2, -0.15) is 5.26 Å². The van der Waals surface area contributed by atoms with Crippen molar-refractivity contribution in [1.82, 2.24) is 15.0 Å². The maximum Gasteiger partial charge on any atom is 0.376 e. The van der Waals surface area contributed by atoms with Crippen molar-refractivity contribution in [3.05, 3.63) is 46.1 Å². The van der Waals surface area contributed by atoms with E-state index in [1.54, 1.807) is 6.21 Å². The summed E-state index contributed by atoms with van der Waals surface area (Å²) in [6.07, 6.45) is 7.06. The zero-order valence-corrected chi connectivity index (χ0v) is 23.9. The molecule has 1 aliphatic heterocycles. The third kappa shape index (κ3) is 5.73. The number of halogens is 2. The molecule has 2 unspecified atom stereocenters. The Morgan fingerprint density at radius 2 is 2.12 bits per heavy atom. The van der Waals surface area contributed by atoms with Gasteiger partial charge in [0.05, 0.1) is 42.4 Å². The number of likely N-dealkylation sites (tertiary alicyclic amines) is 1. The van der Waals surface area contributed by atoms with E-state index in [9.17, 15) is 19.2 Å². The van der Waals surface area contributed by atoms with Crippen LogP contribution in [-0.2, 0) is 6.42 Å². The number of hydrogen-bond acceptors (Lipinski definition) is 5. The highest BCUT2D eigenvalue weighted by Gasteiger charge is 2.71. The third-order valence-electron chi connectivity index (χ3n) is 8.53. The molecule has 2 heterocycles. The molecule has 3 N–H and O–H groups in total. The Hall–Kier alpha value is -3.38. The smallest absolute Gasteiger partial charge is 0.376 e. The molecule has 40 heavy (non-hydrogen) atoms. The molecule has 0 aromatic carbocycles. The number of amidine groups is 1. The Morgan fingerprint density at radius 3 is 2.65 bits per heavy atom. The molecule has 8 nitrogen and oxygen atoms in total. The van der Waals surface area contributed by atoms with Crippen LogP contribution in [-0.4, -0.2) is 66.0 Å². The van der Waals surface area contributed by atoms with Gasteiger partial charge in [-0.1, -0.05) is 19.9 Å². The maximum absolute atomic E-state index is 14.7. The van der Waals surface area contributed by atoms with Crippen molar-refractivity contribution < 1.29 is 13.4 Å². The molecule has 2 aliphatic carbocycles. The number of aryl methyl sites for hydroxylation is 1. The van der Waals surface area contributed by atoms with E-state index in [0.717, 1.165) is 24.5 Å². The number of aliphatic imine (C=N–C) groups is 1. The molecule has 1 saturated heterocycles. The number of allylic oxidation sites excluding steroid dienone is 2. The number of hydroxylamine groups is 3. The SMILES string of the molecule is C=[N+]=C(NC1(C[N+]2([O-])CCC(C#N)CC2)CC1C(C)(F)F)C1=C[C@H](C)c2c(CC)cc(C(C=NCC)=CN)nc21. The summed E-state index contributed by atoms with van der Waals surface area (Å²) in [5.74, 6) is -3.78. The molecule has 1 aromatic heterocycles. The van der Waals surface area contributed by atoms with E-state index in [4.69, 9.17) is 10.7 Å². The van der Waals surface area contributed by atoms with E-state index in [1.165, 1.54) is 6.20 Å². The quantitative estimate of drug-likeness (QED) is 0.158. The minimum Gasteiger partial charge on any atom is -0.633 e. The van der Waals surface area contributed by atoms with Crippen LogP contribution in [0, 0.1) is 28.4 Å². The lowest BCUT2D eigenvalue weighted by Gasteiger charge is -2.47. The van der Waals surface area contributed by atoms with Crippen molar-refractivity contribution in [2.45, 2.75) is 70.8 Å². The van der Waals surface area contributed by atoms with E-state index in [2.05, 4.69) is 41.6 Å². The predicted octanol–water partition coefficient (Wildman–Crippen LogP) is 3.95. The average molecular weight is 553 g/mol. The summed E-state index contributed by atoms with van der Waals surface area (Å²) in [7, 11) is 0. The van der Waals surface area contributed by atoms with Crippen molar-refractivity contribution in [3.63, 3.8) is 0 Å². The van der Waals surface area contributed by atoms with Crippen LogP contribution in [0.1, 0.15) is 75.4 Å². The van der Waals surface area contributed by atoms with Crippen LogP contribution in [0.25, 0.3) is 11.1 Å². The van der Waals surface area contributed by atoms with E-state index < -0.39 is 22.0 Å². The first-order valence-electron chi connectivity index (χ1n) is 14.1. The first kappa shape index (κ1) is 29.6. The molecule has 1 aromatic rings. The maximum atomic E-state index is 14.7. The van der Waals surface area contributed by atoms with Gasteiger partial charge in [0.15, 0.2) is 12.3 Å². The van der Waals surface area contributed by atoms with Crippen molar-refractivity contribution in [3.8, 4) is 6.07 Å². The zero-order chi connectivity index (χ0) is 29.3. The Labute approximate surface area is 235 Å². The van der Waals surface area contributed by atoms with Crippen LogP contribution in [0.15, 0.2) is 23.3 Å². The van der Waals surface area contributed by atoms with Crippen molar-refractivity contribution in [2.75, 3.05) is 26.2 Å². The number of pyridine rings is 1. The monoisotopic (exact) mass is 552 g/mol. The van der Waals surface area contributed by atoms with Crippen molar-refractivity contribution >= 4 is 29.9 Å². The van der Waals surface area contributed by atoms with Gasteiger partial charge in [0.25, 0.3) is 5.92 Å². The van der Waals surface area contributed by atoms with Gasteiger partial charge in [-0.05, 0) is 37.5 Å². The number of nitrogens with one attached hydrogen (secondary N) is 1. The molecular weight excluding hydrogens is 512 g/mol. The summed E-state index contributed by atoms with van der Waals surface area (Å²) < 4.78 is 33.1. The van der Waals surface area contributed by atoms with Gasteiger partial charge < -0.3 is 15.6 Å². The molecule has 3 atom stereocenters. The van der Waals surface area contributed by atoms with Gasteiger partial charge in [0, 0.05) is 49.7 Å². The van der Waals surface area contributed by atoms with E-state index in [-0.39, 0.29) is 37.9 Å². The van der Waals surface area contributed by atoms with E-state index >= 15 is 0 Å². The number of nitrogens with zero attached hydrogens (tertiary/aromatic N) is 5. The van der Waals surface area contributed by atoms with Gasteiger partial charge in [0.2, 0.25) is 0 Å². The zero-order valence-electron chi connectivity index (χ0n) is 23.9. The Bertz CT molecular complexity index is 1320. The minimum atomic E-state index is -2.97. The molecule has 0 amide bonds. The highest BCUT2D eigenvalue weighted by molar-refractivity contribution is 6.24. The van der Waals surface area contributed by atoms with Gasteiger partial charge in [-0.15, -0.1) is 0 Å². The number of hydrogen-bond donors (Lipinski definition) is 2. The van der Waals surface area contributed by atoms with Gasteiger partial charge in [0.1, 0.15) is 12.1 Å². The van der Waals surface area contributed by atoms with Crippen LogP contribution in [0.2, 0.25) is 0 Å². The van der Waals surface area contributed by atoms with Crippen LogP contribution in [0.5, 0.6) is 0 Å². The average Bonchev–Trinajstić information content (AvgIpc) is 3.54. The molecule has 214 valence electrons. The van der Waals surface area contributed by atoms with Gasteiger partial charge in [-0.3, -0.25) is 4.99 Å². The number of nitrogens with two attached hydrogens (primary N) is 1. The van der Waals surface area contributed by atoms with E-state index in [1.807, 2.05) is 19.1 Å². The van der Waals surface area contributed by atoms with Crippen molar-refractivity contribution in [1.29, 1.82) is 5.26 Å². The number of rotatable bonds is 9. The summed E-state index contributed by atoms with van der Waals surface area (Å²) in [6.45, 7) is 11.8. The highest BCUT2D eigenvalue weighted by Crippen LogP contribution is 2.54. The normalized spacial score (nSPS) is 29.9. The number of fused-ring (bicyclic) bond motifs is 1. The standard InChI is InChI=1S/C30H39F2N7O/c1-6-21-13-24(22(16-34)17-36-7-2)37-27-23(12-19(3)26(21)27)28(35-5)38-30(14-25(30)29(4,31)32)18-39(40)10-8-20(15-33)9-11-39/h12-13,16-17,19-20,25H,5-11,14,18H2,1-4H3,(H2,34,36,37)/p+1/t19-,20?,25?,30?,39?/m0/s1. The molecule has 0 radical (unpaired) electrons. The molecule has 0 spiro atoms. The number of alkyl halides is 2. The van der Waals surface area contributed by atoms with E-state index in [0.29, 0.717) is 47.8 Å². The summed E-state index contributed by atoms with van der Waals surface area (Å²) in [4.78, 5) is 9.27. The Kier molecular flexibility index (Phi) is 8.32. The second-order valence-corrected chi connectivity index (χ2v) is 11.5. The Morgan fingerprint density at radius 1 is 1.43 bits per heavy atom. The Balaban J connectivity index is 1.70. The number of quaternary nitrogens is 1. The number of aromatic nitrogens is 1. The molecular formula is C30H40F2N7O+. The molecule has 1 saturated carbocycles. The first-order chi connectivity index (χ1) is 18.9. The fourth-order valence-electron chi connectivity index (χ4n) is 6.34. The van der Waals surface area contributed by atoms with Crippen LogP contribution in [0.3, 0.4) is 0 Å². The van der Waals surface area contributed by atoms with Gasteiger partial charge in [-0.25, -0.2) is 23.7 Å². The summed E-state index contributed by atoms with van der Waals surface area (Å²) in [5, 5.41) is 26.3. The molecule has 3 aliphatic rings. The fourth-order valence-corrected chi connectivity index (χ4v) is 6.34. The first-order valence-corrected chi connectivity index (χ1v) is 14.1. The molecule has 4 rings (SSSR count). The third-order valence-corrected chi connectivity index (χ3v) is 8.53. The van der Waals surface area contributed by atoms with Crippen LogP contribution < -0.4 is 15.7 Å². The summed E-state index contributed by atoms with van der Waals surface area (Å²) in [5.41, 5.74) is 9.69. The summed E-state index contributed by atoms with van der Waals surface area (Å²) >= 11 is 0. The van der Waals surface area contributed by atoms with Crippen LogP contribution >= 0.6 is 0 Å². The highest BCUT2D eigenvalue weighted by atomic mass is 19.3. The lowest BCUT2D eigenvalue weighted by molar-refractivity contribution is -0.888. The topological polar surface area (TPSA) is 124 Å². The lowest BCUT2D eigenvalue weighted by atomic mass is 9.95. The second-order valence-electron chi connectivity index (χ2n) is 11.5. The summed E-state index contributed by atoms with van der Waals surface area (Å²) in [6, 6.07) is 4.26.